The number of benzene rings is 2. The van der Waals surface area contributed by atoms with Crippen molar-refractivity contribution < 1.29 is 19.0 Å². The highest BCUT2D eigenvalue weighted by Gasteiger charge is 2.18. The maximum Gasteiger partial charge on any atom is 0.255 e. The third kappa shape index (κ3) is 3.27. The molecule has 6 heteroatoms. The molecule has 1 aliphatic rings. The number of fused-ring (bicyclic) bond motifs is 1. The van der Waals surface area contributed by atoms with Crippen LogP contribution >= 0.6 is 15.9 Å². The van der Waals surface area contributed by atoms with Crippen molar-refractivity contribution in [2.45, 2.75) is 6.54 Å². The fourth-order valence-corrected chi connectivity index (χ4v) is 2.80. The van der Waals surface area contributed by atoms with Gasteiger partial charge in [0.15, 0.2) is 11.5 Å². The van der Waals surface area contributed by atoms with Crippen molar-refractivity contribution in [1.29, 1.82) is 0 Å². The average Bonchev–Trinajstić information content (AvgIpc) is 3.02. The van der Waals surface area contributed by atoms with Crippen LogP contribution in [0.4, 0.5) is 0 Å². The summed E-state index contributed by atoms with van der Waals surface area (Å²) in [5, 5.41) is 0. The standard InChI is InChI=1S/C17H16BrNO4/c1-19(9-11-3-6-15-16(7-11)23-10-22-15)17(20)13-8-12(21-2)4-5-14(13)18/h3-8H,9-10H2,1-2H3. The van der Waals surface area contributed by atoms with Gasteiger partial charge in [0.05, 0.1) is 12.7 Å². The molecule has 0 N–H and O–H groups in total. The van der Waals surface area contributed by atoms with Crippen LogP contribution in [0.3, 0.4) is 0 Å². The summed E-state index contributed by atoms with van der Waals surface area (Å²) < 4.78 is 16.6. The Hall–Kier alpha value is -2.21. The van der Waals surface area contributed by atoms with E-state index >= 15 is 0 Å². The van der Waals surface area contributed by atoms with Crippen molar-refractivity contribution in [3.8, 4) is 17.2 Å². The second-order valence-corrected chi connectivity index (χ2v) is 6.05. The van der Waals surface area contributed by atoms with E-state index in [9.17, 15) is 4.79 Å². The maximum absolute atomic E-state index is 12.7. The number of ether oxygens (including phenoxy) is 3. The van der Waals surface area contributed by atoms with E-state index in [0.29, 0.717) is 23.6 Å². The Bertz CT molecular complexity index is 747. The van der Waals surface area contributed by atoms with E-state index in [1.807, 2.05) is 18.2 Å². The molecule has 3 rings (SSSR count). The maximum atomic E-state index is 12.7. The van der Waals surface area contributed by atoms with E-state index in [1.54, 1.807) is 37.3 Å². The van der Waals surface area contributed by atoms with Crippen LogP contribution in [-0.4, -0.2) is 31.8 Å². The predicted molar refractivity (Wildman–Crippen MR) is 89.1 cm³/mol. The van der Waals surface area contributed by atoms with Crippen LogP contribution < -0.4 is 14.2 Å². The molecule has 0 saturated heterocycles. The third-order valence-corrected chi connectivity index (χ3v) is 4.30. The molecule has 5 nitrogen and oxygen atoms in total. The topological polar surface area (TPSA) is 48.0 Å². The van der Waals surface area contributed by atoms with E-state index < -0.39 is 0 Å². The third-order valence-electron chi connectivity index (χ3n) is 3.61. The molecule has 2 aromatic carbocycles. The summed E-state index contributed by atoms with van der Waals surface area (Å²) in [4.78, 5) is 14.3. The summed E-state index contributed by atoms with van der Waals surface area (Å²) in [6, 6.07) is 11.0. The van der Waals surface area contributed by atoms with E-state index in [4.69, 9.17) is 14.2 Å². The predicted octanol–water partition coefficient (Wildman–Crippen LogP) is 3.46. The monoisotopic (exact) mass is 377 g/mol. The highest BCUT2D eigenvalue weighted by atomic mass is 79.9. The van der Waals surface area contributed by atoms with E-state index in [1.165, 1.54) is 0 Å². The van der Waals surface area contributed by atoms with Gasteiger partial charge in [-0.3, -0.25) is 4.79 Å². The molecule has 0 fully saturated rings. The van der Waals surface area contributed by atoms with E-state index in [0.717, 1.165) is 15.8 Å². The van der Waals surface area contributed by atoms with Crippen molar-refractivity contribution in [3.63, 3.8) is 0 Å². The van der Waals surface area contributed by atoms with Gasteiger partial charge in [-0.1, -0.05) is 6.07 Å². The molecule has 1 heterocycles. The van der Waals surface area contributed by atoms with Gasteiger partial charge in [-0.25, -0.2) is 0 Å². The number of amides is 1. The van der Waals surface area contributed by atoms with Gasteiger partial charge in [0.25, 0.3) is 5.91 Å². The lowest BCUT2D eigenvalue weighted by atomic mass is 10.1. The molecule has 0 saturated carbocycles. The molecule has 0 atom stereocenters. The number of carbonyl (C=O) groups excluding carboxylic acids is 1. The first-order valence-electron chi connectivity index (χ1n) is 7.06. The quantitative estimate of drug-likeness (QED) is 0.818. The highest BCUT2D eigenvalue weighted by molar-refractivity contribution is 9.10. The molecule has 120 valence electrons. The smallest absolute Gasteiger partial charge is 0.255 e. The molecule has 0 bridgehead atoms. The zero-order valence-corrected chi connectivity index (χ0v) is 14.4. The van der Waals surface area contributed by atoms with Crippen LogP contribution in [0.25, 0.3) is 0 Å². The van der Waals surface area contributed by atoms with E-state index in [2.05, 4.69) is 15.9 Å². The van der Waals surface area contributed by atoms with Crippen LogP contribution in [0, 0.1) is 0 Å². The Kier molecular flexibility index (Phi) is 4.43. The Morgan fingerprint density at radius 1 is 1.22 bits per heavy atom. The second kappa shape index (κ2) is 6.50. The first-order chi connectivity index (χ1) is 11.1. The molecule has 0 aromatic heterocycles. The van der Waals surface area contributed by atoms with Crippen LogP contribution in [0.1, 0.15) is 15.9 Å². The number of rotatable bonds is 4. The molecular formula is C17H16BrNO4. The minimum atomic E-state index is -0.0894. The van der Waals surface area contributed by atoms with Gasteiger partial charge < -0.3 is 19.1 Å². The van der Waals surface area contributed by atoms with Gasteiger partial charge in [-0.15, -0.1) is 0 Å². The lowest BCUT2D eigenvalue weighted by molar-refractivity contribution is 0.0783. The van der Waals surface area contributed by atoms with Gasteiger partial charge in [-0.05, 0) is 51.8 Å². The summed E-state index contributed by atoms with van der Waals surface area (Å²) in [7, 11) is 3.34. The zero-order chi connectivity index (χ0) is 16.4. The largest absolute Gasteiger partial charge is 0.497 e. The molecular weight excluding hydrogens is 362 g/mol. The number of carbonyl (C=O) groups is 1. The molecule has 0 spiro atoms. The molecule has 23 heavy (non-hydrogen) atoms. The SMILES string of the molecule is COc1ccc(Br)c(C(=O)N(C)Cc2ccc3c(c2)OCO3)c1. The molecule has 1 amide bonds. The summed E-state index contributed by atoms with van der Waals surface area (Å²) in [5.74, 6) is 2.01. The number of hydrogen-bond acceptors (Lipinski definition) is 4. The lowest BCUT2D eigenvalue weighted by Gasteiger charge is -2.18. The van der Waals surface area contributed by atoms with Gasteiger partial charge in [0.1, 0.15) is 5.75 Å². The summed E-state index contributed by atoms with van der Waals surface area (Å²) >= 11 is 3.42. The molecule has 0 radical (unpaired) electrons. The van der Waals surface area contributed by atoms with Crippen LogP contribution in [-0.2, 0) is 6.54 Å². The minimum Gasteiger partial charge on any atom is -0.497 e. The average molecular weight is 378 g/mol. The van der Waals surface area contributed by atoms with Crippen molar-refractivity contribution in [1.82, 2.24) is 4.90 Å². The Morgan fingerprint density at radius 3 is 2.78 bits per heavy atom. The summed E-state index contributed by atoms with van der Waals surface area (Å²) in [6.45, 7) is 0.712. The van der Waals surface area contributed by atoms with Crippen LogP contribution in [0.2, 0.25) is 0 Å². The Morgan fingerprint density at radius 2 is 2.00 bits per heavy atom. The zero-order valence-electron chi connectivity index (χ0n) is 12.8. The number of nitrogens with zero attached hydrogens (tertiary/aromatic N) is 1. The fourth-order valence-electron chi connectivity index (χ4n) is 2.39. The van der Waals surface area contributed by atoms with Gasteiger partial charge in [0.2, 0.25) is 6.79 Å². The Labute approximate surface area is 142 Å². The van der Waals surface area contributed by atoms with Crippen molar-refractivity contribution in [2.75, 3.05) is 21.0 Å². The summed E-state index contributed by atoms with van der Waals surface area (Å²) in [6.07, 6.45) is 0. The number of methoxy groups -OCH3 is 1. The lowest BCUT2D eigenvalue weighted by Crippen LogP contribution is -2.26. The first-order valence-corrected chi connectivity index (χ1v) is 7.85. The summed E-state index contributed by atoms with van der Waals surface area (Å²) in [5.41, 5.74) is 1.54. The molecule has 0 unspecified atom stereocenters. The van der Waals surface area contributed by atoms with Gasteiger partial charge >= 0.3 is 0 Å². The minimum absolute atomic E-state index is 0.0894. The fraction of sp³-hybridized carbons (Fsp3) is 0.235. The second-order valence-electron chi connectivity index (χ2n) is 5.19. The van der Waals surface area contributed by atoms with Gasteiger partial charge in [-0.2, -0.15) is 0 Å². The molecule has 1 aliphatic heterocycles. The van der Waals surface area contributed by atoms with Crippen LogP contribution in [0.15, 0.2) is 40.9 Å². The Balaban J connectivity index is 1.77. The van der Waals surface area contributed by atoms with Crippen molar-refractivity contribution in [3.05, 3.63) is 52.0 Å². The van der Waals surface area contributed by atoms with E-state index in [-0.39, 0.29) is 12.7 Å². The van der Waals surface area contributed by atoms with Gasteiger partial charge in [0, 0.05) is 18.1 Å². The normalized spacial score (nSPS) is 12.1. The number of hydrogen-bond donors (Lipinski definition) is 0. The first kappa shape index (κ1) is 15.7. The molecule has 2 aromatic rings. The van der Waals surface area contributed by atoms with Crippen molar-refractivity contribution >= 4 is 21.8 Å². The van der Waals surface area contributed by atoms with Crippen LogP contribution in [0.5, 0.6) is 17.2 Å². The van der Waals surface area contributed by atoms with Crippen molar-refractivity contribution in [2.24, 2.45) is 0 Å². The highest BCUT2D eigenvalue weighted by Crippen LogP contribution is 2.33. The number of halogens is 1. The molecule has 0 aliphatic carbocycles.